The van der Waals surface area contributed by atoms with Gasteiger partial charge in [-0.1, -0.05) is 13.8 Å². The zero-order chi connectivity index (χ0) is 13.8. The molecule has 0 amide bonds. The lowest BCUT2D eigenvalue weighted by molar-refractivity contribution is 0.0696. The molecule has 0 bridgehead atoms. The Morgan fingerprint density at radius 2 is 2.26 bits per heavy atom. The number of rotatable bonds is 5. The molecule has 1 aromatic carbocycles. The van der Waals surface area contributed by atoms with Gasteiger partial charge < -0.3 is 9.84 Å². The van der Waals surface area contributed by atoms with Crippen LogP contribution in [0.5, 0.6) is 5.75 Å². The quantitative estimate of drug-likeness (QED) is 0.886. The topological polar surface area (TPSA) is 49.8 Å². The molecule has 19 heavy (non-hydrogen) atoms. The van der Waals surface area contributed by atoms with Gasteiger partial charge in [0, 0.05) is 6.04 Å². The van der Waals surface area contributed by atoms with Gasteiger partial charge >= 0.3 is 5.97 Å². The molecule has 104 valence electrons. The van der Waals surface area contributed by atoms with Crippen molar-refractivity contribution in [3.8, 4) is 5.75 Å². The van der Waals surface area contributed by atoms with Gasteiger partial charge in [0.2, 0.25) is 0 Å². The summed E-state index contributed by atoms with van der Waals surface area (Å²) in [6, 6.07) is 5.46. The summed E-state index contributed by atoms with van der Waals surface area (Å²) in [6.45, 7) is 7.06. The van der Waals surface area contributed by atoms with E-state index in [-0.39, 0.29) is 0 Å². The first-order chi connectivity index (χ1) is 9.15. The minimum absolute atomic E-state index is 0.335. The van der Waals surface area contributed by atoms with Crippen molar-refractivity contribution < 1.29 is 14.6 Å². The zero-order valence-corrected chi connectivity index (χ0v) is 11.6. The summed E-state index contributed by atoms with van der Waals surface area (Å²) in [4.78, 5) is 13.4. The van der Waals surface area contributed by atoms with E-state index in [2.05, 4.69) is 18.7 Å². The third-order valence-electron chi connectivity index (χ3n) is 3.63. The van der Waals surface area contributed by atoms with Gasteiger partial charge in [-0.25, -0.2) is 4.79 Å². The highest BCUT2D eigenvalue weighted by Crippen LogP contribution is 2.27. The van der Waals surface area contributed by atoms with Gasteiger partial charge in [-0.05, 0) is 49.7 Å². The fraction of sp³-hybridized carbons (Fsp3) is 0.533. The van der Waals surface area contributed by atoms with Crippen LogP contribution in [-0.2, 0) is 6.42 Å². The van der Waals surface area contributed by atoms with Gasteiger partial charge in [0.25, 0.3) is 0 Å². The number of ether oxygens (including phenoxy) is 1. The largest absolute Gasteiger partial charge is 0.492 e. The van der Waals surface area contributed by atoms with Crippen molar-refractivity contribution >= 4 is 5.97 Å². The van der Waals surface area contributed by atoms with Crippen LogP contribution in [-0.4, -0.2) is 41.7 Å². The molecule has 0 aromatic heterocycles. The Hall–Kier alpha value is -1.55. The SMILES string of the molecule is CCCN(CC)[C@@H]1COc2ccc(C(=O)O)cc2C1. The molecule has 1 N–H and O–H groups in total. The normalized spacial score (nSPS) is 17.9. The average Bonchev–Trinajstić information content (AvgIpc) is 2.43. The summed E-state index contributed by atoms with van der Waals surface area (Å²) < 4.78 is 5.77. The van der Waals surface area contributed by atoms with Gasteiger partial charge in [0.1, 0.15) is 12.4 Å². The summed E-state index contributed by atoms with van der Waals surface area (Å²) in [7, 11) is 0. The van der Waals surface area contributed by atoms with Crippen LogP contribution in [0.15, 0.2) is 18.2 Å². The number of fused-ring (bicyclic) bond motifs is 1. The van der Waals surface area contributed by atoms with Crippen molar-refractivity contribution in [2.24, 2.45) is 0 Å². The fourth-order valence-electron chi connectivity index (χ4n) is 2.63. The second-order valence-corrected chi connectivity index (χ2v) is 4.93. The van der Waals surface area contributed by atoms with E-state index in [4.69, 9.17) is 9.84 Å². The van der Waals surface area contributed by atoms with Crippen molar-refractivity contribution in [2.75, 3.05) is 19.7 Å². The molecule has 0 radical (unpaired) electrons. The van der Waals surface area contributed by atoms with E-state index in [1.54, 1.807) is 18.2 Å². The molecule has 0 spiro atoms. The van der Waals surface area contributed by atoms with Crippen LogP contribution in [0.25, 0.3) is 0 Å². The van der Waals surface area contributed by atoms with E-state index >= 15 is 0 Å². The van der Waals surface area contributed by atoms with Gasteiger partial charge in [-0.15, -0.1) is 0 Å². The molecule has 4 nitrogen and oxygen atoms in total. The Balaban J connectivity index is 2.17. The molecule has 1 atom stereocenters. The lowest BCUT2D eigenvalue weighted by Crippen LogP contribution is -2.43. The molecule has 1 aromatic rings. The molecule has 1 aliphatic rings. The van der Waals surface area contributed by atoms with Crippen LogP contribution < -0.4 is 4.74 Å². The van der Waals surface area contributed by atoms with Crippen LogP contribution in [0.2, 0.25) is 0 Å². The standard InChI is InChI=1S/C15H21NO3/c1-3-7-16(4-2)13-9-12-8-11(15(17)18)5-6-14(12)19-10-13/h5-6,8,13H,3-4,7,9-10H2,1-2H3,(H,17,18)/t13-/m0/s1. The van der Waals surface area contributed by atoms with Gasteiger partial charge in [-0.2, -0.15) is 0 Å². The van der Waals surface area contributed by atoms with Crippen molar-refractivity contribution in [3.05, 3.63) is 29.3 Å². The maximum Gasteiger partial charge on any atom is 0.335 e. The van der Waals surface area contributed by atoms with Crippen molar-refractivity contribution in [3.63, 3.8) is 0 Å². The maximum atomic E-state index is 11.0. The molecule has 0 fully saturated rings. The first-order valence-corrected chi connectivity index (χ1v) is 6.88. The van der Waals surface area contributed by atoms with Crippen LogP contribution in [0, 0.1) is 0 Å². The van der Waals surface area contributed by atoms with Gasteiger partial charge in [0.05, 0.1) is 5.56 Å². The summed E-state index contributed by atoms with van der Waals surface area (Å²) in [5, 5.41) is 9.04. The number of hydrogen-bond donors (Lipinski definition) is 1. The Labute approximate surface area is 114 Å². The predicted octanol–water partition coefficient (Wildman–Crippen LogP) is 2.42. The van der Waals surface area contributed by atoms with Gasteiger partial charge in [-0.3, -0.25) is 4.90 Å². The molecule has 0 saturated heterocycles. The molecule has 0 saturated carbocycles. The molecule has 1 heterocycles. The average molecular weight is 263 g/mol. The van der Waals surface area contributed by atoms with E-state index in [1.807, 2.05) is 0 Å². The third-order valence-corrected chi connectivity index (χ3v) is 3.63. The highest BCUT2D eigenvalue weighted by atomic mass is 16.5. The third kappa shape index (κ3) is 3.07. The lowest BCUT2D eigenvalue weighted by atomic mass is 9.99. The first kappa shape index (κ1) is 13.9. The fourth-order valence-corrected chi connectivity index (χ4v) is 2.63. The molecule has 1 aliphatic heterocycles. The number of hydrogen-bond acceptors (Lipinski definition) is 3. The number of benzene rings is 1. The molecule has 2 rings (SSSR count). The minimum Gasteiger partial charge on any atom is -0.492 e. The van der Waals surface area contributed by atoms with Crippen molar-refractivity contribution in [2.45, 2.75) is 32.7 Å². The monoisotopic (exact) mass is 263 g/mol. The Morgan fingerprint density at radius 3 is 2.89 bits per heavy atom. The van der Waals surface area contributed by atoms with E-state index in [1.165, 1.54) is 0 Å². The van der Waals surface area contributed by atoms with Crippen molar-refractivity contribution in [1.29, 1.82) is 0 Å². The van der Waals surface area contributed by atoms with E-state index in [0.29, 0.717) is 18.2 Å². The number of nitrogens with zero attached hydrogens (tertiary/aromatic N) is 1. The number of carbonyl (C=O) groups is 1. The summed E-state index contributed by atoms with van der Waals surface area (Å²) in [6.07, 6.45) is 1.98. The highest BCUT2D eigenvalue weighted by molar-refractivity contribution is 5.88. The minimum atomic E-state index is -0.883. The molecular formula is C15H21NO3. The number of likely N-dealkylation sites (N-methyl/N-ethyl adjacent to an activating group) is 1. The molecule has 0 aliphatic carbocycles. The van der Waals surface area contributed by atoms with E-state index in [9.17, 15) is 4.79 Å². The number of carboxylic acid groups (broad SMARTS) is 1. The van der Waals surface area contributed by atoms with E-state index < -0.39 is 5.97 Å². The molecular weight excluding hydrogens is 242 g/mol. The van der Waals surface area contributed by atoms with Crippen LogP contribution in [0.1, 0.15) is 36.2 Å². The number of carboxylic acids is 1. The van der Waals surface area contributed by atoms with Crippen molar-refractivity contribution in [1.82, 2.24) is 4.90 Å². The summed E-state index contributed by atoms with van der Waals surface area (Å²) in [5.41, 5.74) is 1.34. The van der Waals surface area contributed by atoms with Gasteiger partial charge in [0.15, 0.2) is 0 Å². The zero-order valence-electron chi connectivity index (χ0n) is 11.6. The Kier molecular flexibility index (Phi) is 4.43. The van der Waals surface area contributed by atoms with E-state index in [0.717, 1.165) is 37.2 Å². The molecule has 4 heteroatoms. The number of aromatic carboxylic acids is 1. The summed E-state index contributed by atoms with van der Waals surface area (Å²) >= 11 is 0. The Morgan fingerprint density at radius 1 is 1.47 bits per heavy atom. The highest BCUT2D eigenvalue weighted by Gasteiger charge is 2.24. The second kappa shape index (κ2) is 6.06. The first-order valence-electron chi connectivity index (χ1n) is 6.88. The van der Waals surface area contributed by atoms with Crippen LogP contribution in [0.4, 0.5) is 0 Å². The van der Waals surface area contributed by atoms with Crippen LogP contribution in [0.3, 0.4) is 0 Å². The Bertz CT molecular complexity index is 459. The maximum absolute atomic E-state index is 11.0. The lowest BCUT2D eigenvalue weighted by Gasteiger charge is -2.34. The molecule has 0 unspecified atom stereocenters. The van der Waals surface area contributed by atoms with Crippen LogP contribution >= 0.6 is 0 Å². The second-order valence-electron chi connectivity index (χ2n) is 4.93. The smallest absolute Gasteiger partial charge is 0.335 e. The predicted molar refractivity (Wildman–Crippen MR) is 73.9 cm³/mol. The summed E-state index contributed by atoms with van der Waals surface area (Å²) in [5.74, 6) is -0.0559.